The predicted octanol–water partition coefficient (Wildman–Crippen LogP) is 3.78. The van der Waals surface area contributed by atoms with Crippen molar-refractivity contribution in [2.24, 2.45) is 0 Å². The third-order valence-electron chi connectivity index (χ3n) is 5.78. The third-order valence-corrected chi connectivity index (χ3v) is 5.78. The standard InChI is InChI=1S/C25H23FN4O3/c1-32-24-18(26)5-2-6-20(24)30-23-21-19(10-12-28-25(21)31)29-22(23)17-9-11-27-14-15(17)7-8-16-4-3-13-33-16/h2,5-6,9,11,14,16,29-30H,3-4,10,12-13H2,1H3,(H,28,31). The van der Waals surface area contributed by atoms with Crippen LogP contribution in [0.15, 0.2) is 36.7 Å². The first-order valence-corrected chi connectivity index (χ1v) is 10.9. The van der Waals surface area contributed by atoms with Crippen molar-refractivity contribution in [2.75, 3.05) is 25.6 Å². The van der Waals surface area contributed by atoms with Gasteiger partial charge in [0.2, 0.25) is 0 Å². The molecule has 7 nitrogen and oxygen atoms in total. The second kappa shape index (κ2) is 8.96. The van der Waals surface area contributed by atoms with Crippen molar-refractivity contribution < 1.29 is 18.7 Å². The van der Waals surface area contributed by atoms with E-state index in [9.17, 15) is 9.18 Å². The first-order valence-electron chi connectivity index (χ1n) is 10.9. The average Bonchev–Trinajstić information content (AvgIpc) is 3.47. The van der Waals surface area contributed by atoms with Crippen LogP contribution in [0.5, 0.6) is 5.75 Å². The van der Waals surface area contributed by atoms with Crippen LogP contribution in [0.2, 0.25) is 0 Å². The van der Waals surface area contributed by atoms with Crippen molar-refractivity contribution in [1.29, 1.82) is 0 Å². The second-order valence-electron chi connectivity index (χ2n) is 7.87. The number of para-hydroxylation sites is 1. The van der Waals surface area contributed by atoms with Crippen molar-refractivity contribution in [3.05, 3.63) is 59.3 Å². The number of rotatable bonds is 4. The molecule has 0 saturated carbocycles. The van der Waals surface area contributed by atoms with Crippen LogP contribution in [0.3, 0.4) is 0 Å². The van der Waals surface area contributed by atoms with Gasteiger partial charge in [-0.15, -0.1) is 0 Å². The fourth-order valence-electron chi connectivity index (χ4n) is 4.22. The van der Waals surface area contributed by atoms with E-state index in [2.05, 4.69) is 32.4 Å². The Morgan fingerprint density at radius 2 is 2.24 bits per heavy atom. The molecular formula is C25H23FN4O3. The normalized spacial score (nSPS) is 17.0. The van der Waals surface area contributed by atoms with Crippen LogP contribution < -0.4 is 15.4 Å². The zero-order valence-electron chi connectivity index (χ0n) is 18.1. The van der Waals surface area contributed by atoms with Gasteiger partial charge in [0.15, 0.2) is 11.6 Å². The number of aromatic amines is 1. The highest BCUT2D eigenvalue weighted by Crippen LogP contribution is 2.40. The van der Waals surface area contributed by atoms with Gasteiger partial charge in [-0.1, -0.05) is 17.9 Å². The minimum Gasteiger partial charge on any atom is -0.492 e. The van der Waals surface area contributed by atoms with Gasteiger partial charge in [-0.3, -0.25) is 9.78 Å². The number of nitrogens with zero attached hydrogens (tertiary/aromatic N) is 1. The Balaban J connectivity index is 1.64. The maximum absolute atomic E-state index is 14.3. The van der Waals surface area contributed by atoms with E-state index in [-0.39, 0.29) is 17.8 Å². The van der Waals surface area contributed by atoms with Crippen LogP contribution in [0.4, 0.5) is 15.8 Å². The third kappa shape index (κ3) is 4.03. The van der Waals surface area contributed by atoms with Gasteiger partial charge in [-0.25, -0.2) is 4.39 Å². The smallest absolute Gasteiger partial charge is 0.255 e. The Labute approximate surface area is 190 Å². The Morgan fingerprint density at radius 3 is 3.06 bits per heavy atom. The predicted molar refractivity (Wildman–Crippen MR) is 122 cm³/mol. The quantitative estimate of drug-likeness (QED) is 0.531. The van der Waals surface area contributed by atoms with E-state index in [0.717, 1.165) is 30.7 Å². The van der Waals surface area contributed by atoms with E-state index in [4.69, 9.17) is 9.47 Å². The van der Waals surface area contributed by atoms with E-state index in [1.165, 1.54) is 13.2 Å². The maximum Gasteiger partial charge on any atom is 0.255 e. The number of hydrogen-bond donors (Lipinski definition) is 3. The molecule has 4 heterocycles. The number of carbonyl (C=O) groups excluding carboxylic acids is 1. The zero-order chi connectivity index (χ0) is 22.8. The number of anilines is 2. The molecule has 3 aromatic rings. The summed E-state index contributed by atoms with van der Waals surface area (Å²) in [5.74, 6) is 5.76. The van der Waals surface area contributed by atoms with E-state index in [1.807, 2.05) is 6.07 Å². The topological polar surface area (TPSA) is 88.3 Å². The van der Waals surface area contributed by atoms with Gasteiger partial charge in [0.25, 0.3) is 5.91 Å². The number of pyridine rings is 1. The fourth-order valence-corrected chi connectivity index (χ4v) is 4.22. The molecule has 1 unspecified atom stereocenters. The molecule has 1 atom stereocenters. The van der Waals surface area contributed by atoms with E-state index >= 15 is 0 Å². The number of fused-ring (bicyclic) bond motifs is 1. The zero-order valence-corrected chi connectivity index (χ0v) is 18.1. The molecule has 0 radical (unpaired) electrons. The summed E-state index contributed by atoms with van der Waals surface area (Å²) in [4.78, 5) is 20.5. The Kier molecular flexibility index (Phi) is 5.71. The Morgan fingerprint density at radius 1 is 1.33 bits per heavy atom. The van der Waals surface area contributed by atoms with Gasteiger partial charge in [0.05, 0.1) is 35.3 Å². The molecule has 0 aliphatic carbocycles. The van der Waals surface area contributed by atoms with E-state index in [0.29, 0.717) is 41.2 Å². The highest BCUT2D eigenvalue weighted by molar-refractivity contribution is 6.06. The first-order chi connectivity index (χ1) is 16.2. The highest BCUT2D eigenvalue weighted by Gasteiger charge is 2.28. The number of carbonyl (C=O) groups is 1. The summed E-state index contributed by atoms with van der Waals surface area (Å²) in [7, 11) is 1.41. The molecule has 1 aromatic carbocycles. The molecule has 5 rings (SSSR count). The van der Waals surface area contributed by atoms with Gasteiger partial charge in [-0.2, -0.15) is 0 Å². The average molecular weight is 446 g/mol. The summed E-state index contributed by atoms with van der Waals surface area (Å²) in [6.07, 6.45) is 5.85. The molecule has 2 aliphatic heterocycles. The number of benzene rings is 1. The van der Waals surface area contributed by atoms with E-state index in [1.54, 1.807) is 24.5 Å². The molecular weight excluding hydrogens is 423 g/mol. The number of nitrogens with one attached hydrogen (secondary N) is 3. The van der Waals surface area contributed by atoms with Crippen LogP contribution >= 0.6 is 0 Å². The summed E-state index contributed by atoms with van der Waals surface area (Å²) >= 11 is 0. The van der Waals surface area contributed by atoms with Gasteiger partial charge >= 0.3 is 0 Å². The minimum absolute atomic E-state index is 0.0720. The lowest BCUT2D eigenvalue weighted by Crippen LogP contribution is -2.31. The summed E-state index contributed by atoms with van der Waals surface area (Å²) in [5.41, 5.74) is 4.44. The second-order valence-corrected chi connectivity index (χ2v) is 7.87. The molecule has 8 heteroatoms. The van der Waals surface area contributed by atoms with Crippen molar-refractivity contribution in [3.8, 4) is 28.8 Å². The molecule has 2 aromatic heterocycles. The largest absolute Gasteiger partial charge is 0.492 e. The fraction of sp³-hybridized carbons (Fsp3) is 0.280. The van der Waals surface area contributed by atoms with Gasteiger partial charge < -0.3 is 25.1 Å². The highest BCUT2D eigenvalue weighted by atomic mass is 19.1. The SMILES string of the molecule is COc1c(F)cccc1Nc1c(-c2ccncc2C#CC2CCCO2)[nH]c2c1C(=O)NCC2. The lowest BCUT2D eigenvalue weighted by Gasteiger charge is -2.17. The first kappa shape index (κ1) is 21.0. The number of halogens is 1. The number of methoxy groups -OCH3 is 1. The maximum atomic E-state index is 14.3. The summed E-state index contributed by atoms with van der Waals surface area (Å²) in [6.45, 7) is 1.26. The molecule has 0 bridgehead atoms. The number of H-pyrrole nitrogens is 1. The summed E-state index contributed by atoms with van der Waals surface area (Å²) in [5, 5.41) is 6.13. The molecule has 168 valence electrons. The van der Waals surface area contributed by atoms with Gasteiger partial charge in [0.1, 0.15) is 6.10 Å². The molecule has 3 N–H and O–H groups in total. The van der Waals surface area contributed by atoms with Gasteiger partial charge in [0, 0.05) is 43.2 Å². The van der Waals surface area contributed by atoms with Crippen molar-refractivity contribution in [2.45, 2.75) is 25.4 Å². The van der Waals surface area contributed by atoms with Crippen LogP contribution in [0.25, 0.3) is 11.3 Å². The van der Waals surface area contributed by atoms with Crippen LogP contribution in [0, 0.1) is 17.7 Å². The number of amides is 1. The summed E-state index contributed by atoms with van der Waals surface area (Å²) < 4.78 is 25.2. The van der Waals surface area contributed by atoms with Crippen molar-refractivity contribution in [3.63, 3.8) is 0 Å². The number of hydrogen-bond acceptors (Lipinski definition) is 5. The summed E-state index contributed by atoms with van der Waals surface area (Å²) in [6, 6.07) is 6.47. The molecule has 1 saturated heterocycles. The number of ether oxygens (including phenoxy) is 2. The Bertz CT molecular complexity index is 1270. The molecule has 2 aliphatic rings. The molecule has 33 heavy (non-hydrogen) atoms. The van der Waals surface area contributed by atoms with Gasteiger partial charge in [-0.05, 0) is 31.0 Å². The Hall–Kier alpha value is -3.83. The van der Waals surface area contributed by atoms with Crippen molar-refractivity contribution >= 4 is 17.3 Å². The lowest BCUT2D eigenvalue weighted by molar-refractivity contribution is 0.0947. The monoisotopic (exact) mass is 446 g/mol. The molecule has 1 amide bonds. The minimum atomic E-state index is -0.495. The molecule has 1 fully saturated rings. The van der Waals surface area contributed by atoms with Crippen LogP contribution in [-0.2, 0) is 11.2 Å². The van der Waals surface area contributed by atoms with Crippen molar-refractivity contribution in [1.82, 2.24) is 15.3 Å². The van der Waals surface area contributed by atoms with Crippen LogP contribution in [-0.4, -0.2) is 42.2 Å². The number of aromatic nitrogens is 2. The molecule has 0 spiro atoms. The van der Waals surface area contributed by atoms with Crippen LogP contribution in [0.1, 0.15) is 34.5 Å². The van der Waals surface area contributed by atoms with E-state index < -0.39 is 5.82 Å². The lowest BCUT2D eigenvalue weighted by atomic mass is 10.0.